The van der Waals surface area contributed by atoms with Crippen LogP contribution in [-0.2, 0) is 9.59 Å². The molecule has 0 saturated carbocycles. The molecule has 0 aliphatic carbocycles. The number of amides is 2. The van der Waals surface area contributed by atoms with E-state index in [1.165, 1.54) is 0 Å². The summed E-state index contributed by atoms with van der Waals surface area (Å²) in [6, 6.07) is -0.499. The van der Waals surface area contributed by atoms with Gasteiger partial charge >= 0.3 is 0 Å². The van der Waals surface area contributed by atoms with Crippen molar-refractivity contribution >= 4 is 11.8 Å². The van der Waals surface area contributed by atoms with Gasteiger partial charge in [0.2, 0.25) is 11.8 Å². The van der Waals surface area contributed by atoms with Crippen LogP contribution in [-0.4, -0.2) is 47.1 Å². The molecule has 19 heavy (non-hydrogen) atoms. The molecule has 0 aromatic rings. The minimum atomic E-state index is -0.548. The Kier molecular flexibility index (Phi) is 7.05. The van der Waals surface area contributed by atoms with Gasteiger partial charge in [-0.05, 0) is 27.2 Å². The third kappa shape index (κ3) is 6.05. The molecule has 0 fully saturated rings. The summed E-state index contributed by atoms with van der Waals surface area (Å²) in [4.78, 5) is 25.8. The topological polar surface area (TPSA) is 69.6 Å². The Morgan fingerprint density at radius 2 is 1.74 bits per heavy atom. The van der Waals surface area contributed by atoms with Gasteiger partial charge in [0.25, 0.3) is 0 Å². The van der Waals surface area contributed by atoms with Crippen molar-refractivity contribution in [1.29, 1.82) is 0 Å². The molecule has 2 N–H and O–H groups in total. The minimum absolute atomic E-state index is 0.0491. The van der Waals surface area contributed by atoms with Gasteiger partial charge in [0, 0.05) is 24.6 Å². The van der Waals surface area contributed by atoms with Crippen LogP contribution in [0.2, 0.25) is 0 Å². The number of aliphatic hydroxyl groups excluding tert-OH is 1. The molecule has 0 radical (unpaired) electrons. The molecule has 0 saturated heterocycles. The first-order valence-corrected chi connectivity index (χ1v) is 6.83. The molecule has 0 aromatic heterocycles. The molecule has 0 spiro atoms. The number of aliphatic hydroxyl groups is 1. The van der Waals surface area contributed by atoms with Crippen molar-refractivity contribution < 1.29 is 14.7 Å². The van der Waals surface area contributed by atoms with Crippen LogP contribution >= 0.6 is 0 Å². The first kappa shape index (κ1) is 17.9. The van der Waals surface area contributed by atoms with Gasteiger partial charge in [0.05, 0.1) is 0 Å². The standard InChI is InChI=1S/C14H28N2O3/c1-10(2)16(8-7-9-17)12(18)11(3)15-13(19)14(4,5)6/h10-11,17H,7-9H2,1-6H3,(H,15,19). The van der Waals surface area contributed by atoms with Crippen LogP contribution in [0.4, 0.5) is 0 Å². The minimum Gasteiger partial charge on any atom is -0.396 e. The second kappa shape index (κ2) is 7.48. The Morgan fingerprint density at radius 1 is 1.21 bits per heavy atom. The number of nitrogens with one attached hydrogen (secondary N) is 1. The lowest BCUT2D eigenvalue weighted by Crippen LogP contribution is -2.51. The van der Waals surface area contributed by atoms with Gasteiger partial charge in [0.1, 0.15) is 6.04 Å². The van der Waals surface area contributed by atoms with E-state index in [9.17, 15) is 9.59 Å². The van der Waals surface area contributed by atoms with Crippen molar-refractivity contribution in [2.24, 2.45) is 5.41 Å². The third-order valence-electron chi connectivity index (χ3n) is 2.86. The third-order valence-corrected chi connectivity index (χ3v) is 2.86. The van der Waals surface area contributed by atoms with Gasteiger partial charge in [-0.15, -0.1) is 0 Å². The van der Waals surface area contributed by atoms with Crippen LogP contribution in [0.15, 0.2) is 0 Å². The predicted molar refractivity (Wildman–Crippen MR) is 75.6 cm³/mol. The average Bonchev–Trinajstić information content (AvgIpc) is 2.27. The zero-order chi connectivity index (χ0) is 15.2. The van der Waals surface area contributed by atoms with E-state index in [0.29, 0.717) is 13.0 Å². The molecule has 2 amide bonds. The van der Waals surface area contributed by atoms with Crippen LogP contribution in [0.1, 0.15) is 48.0 Å². The summed E-state index contributed by atoms with van der Waals surface area (Å²) in [5.41, 5.74) is -0.512. The molecule has 0 rings (SSSR count). The second-order valence-corrected chi connectivity index (χ2v) is 6.15. The Morgan fingerprint density at radius 3 is 2.11 bits per heavy atom. The summed E-state index contributed by atoms with van der Waals surface area (Å²) in [5.74, 6) is -0.250. The molecule has 5 heteroatoms. The summed E-state index contributed by atoms with van der Waals surface area (Å²) in [6.45, 7) is 11.5. The Hall–Kier alpha value is -1.10. The zero-order valence-electron chi connectivity index (χ0n) is 13.0. The zero-order valence-corrected chi connectivity index (χ0v) is 13.0. The number of hydrogen-bond donors (Lipinski definition) is 2. The van der Waals surface area contributed by atoms with Gasteiger partial charge in [-0.3, -0.25) is 9.59 Å². The highest BCUT2D eigenvalue weighted by Crippen LogP contribution is 2.13. The van der Waals surface area contributed by atoms with E-state index in [1.54, 1.807) is 11.8 Å². The Bertz CT molecular complexity index is 308. The highest BCUT2D eigenvalue weighted by atomic mass is 16.3. The van der Waals surface area contributed by atoms with Crippen LogP contribution in [0.5, 0.6) is 0 Å². The van der Waals surface area contributed by atoms with E-state index in [0.717, 1.165) is 0 Å². The van der Waals surface area contributed by atoms with Crippen LogP contribution in [0.3, 0.4) is 0 Å². The van der Waals surface area contributed by atoms with Gasteiger partial charge in [-0.2, -0.15) is 0 Å². The van der Waals surface area contributed by atoms with Gasteiger partial charge in [-0.25, -0.2) is 0 Å². The summed E-state index contributed by atoms with van der Waals surface area (Å²) in [7, 11) is 0. The number of rotatable bonds is 6. The van der Waals surface area contributed by atoms with Crippen LogP contribution < -0.4 is 5.32 Å². The molecule has 1 atom stereocenters. The van der Waals surface area contributed by atoms with E-state index in [-0.39, 0.29) is 24.5 Å². The van der Waals surface area contributed by atoms with E-state index in [1.807, 2.05) is 34.6 Å². The van der Waals surface area contributed by atoms with E-state index >= 15 is 0 Å². The van der Waals surface area contributed by atoms with Crippen LogP contribution in [0, 0.1) is 5.41 Å². The molecule has 0 aromatic carbocycles. The maximum atomic E-state index is 12.3. The van der Waals surface area contributed by atoms with Crippen molar-refractivity contribution in [2.45, 2.75) is 60.0 Å². The Labute approximate surface area is 116 Å². The van der Waals surface area contributed by atoms with Crippen molar-refractivity contribution in [2.75, 3.05) is 13.2 Å². The van der Waals surface area contributed by atoms with Gasteiger partial charge < -0.3 is 15.3 Å². The molecular formula is C14H28N2O3. The smallest absolute Gasteiger partial charge is 0.245 e. The molecular weight excluding hydrogens is 244 g/mol. The molecule has 0 heterocycles. The van der Waals surface area contributed by atoms with Crippen molar-refractivity contribution in [3.63, 3.8) is 0 Å². The summed E-state index contributed by atoms with van der Waals surface area (Å²) in [5, 5.41) is 11.6. The fourth-order valence-electron chi connectivity index (χ4n) is 1.59. The predicted octanol–water partition coefficient (Wildman–Crippen LogP) is 1.16. The normalized spacial score (nSPS) is 13.3. The second-order valence-electron chi connectivity index (χ2n) is 6.15. The first-order valence-electron chi connectivity index (χ1n) is 6.83. The number of carbonyl (C=O) groups excluding carboxylic acids is 2. The maximum absolute atomic E-state index is 12.3. The Balaban J connectivity index is 4.63. The molecule has 112 valence electrons. The largest absolute Gasteiger partial charge is 0.396 e. The lowest BCUT2D eigenvalue weighted by atomic mass is 9.95. The lowest BCUT2D eigenvalue weighted by Gasteiger charge is -2.30. The average molecular weight is 272 g/mol. The number of carbonyl (C=O) groups is 2. The number of nitrogens with zero attached hydrogens (tertiary/aromatic N) is 1. The highest BCUT2D eigenvalue weighted by Gasteiger charge is 2.28. The van der Waals surface area contributed by atoms with Gasteiger partial charge in [-0.1, -0.05) is 20.8 Å². The molecule has 0 aliphatic rings. The lowest BCUT2D eigenvalue weighted by molar-refractivity contribution is -0.139. The van der Waals surface area contributed by atoms with E-state index in [2.05, 4.69) is 5.32 Å². The number of hydrogen-bond acceptors (Lipinski definition) is 3. The first-order chi connectivity index (χ1) is 8.61. The van der Waals surface area contributed by atoms with Gasteiger partial charge in [0.15, 0.2) is 0 Å². The fraction of sp³-hybridized carbons (Fsp3) is 0.857. The van der Waals surface area contributed by atoms with Crippen molar-refractivity contribution in [3.05, 3.63) is 0 Å². The van der Waals surface area contributed by atoms with E-state index in [4.69, 9.17) is 5.11 Å². The highest BCUT2D eigenvalue weighted by molar-refractivity contribution is 5.89. The summed E-state index contributed by atoms with van der Waals surface area (Å²) >= 11 is 0. The summed E-state index contributed by atoms with van der Waals surface area (Å²) in [6.07, 6.45) is 0.545. The molecule has 0 bridgehead atoms. The molecule has 1 unspecified atom stereocenters. The fourth-order valence-corrected chi connectivity index (χ4v) is 1.59. The maximum Gasteiger partial charge on any atom is 0.245 e. The monoisotopic (exact) mass is 272 g/mol. The SMILES string of the molecule is CC(NC(=O)C(C)(C)C)C(=O)N(CCCO)C(C)C. The molecule has 0 aliphatic heterocycles. The van der Waals surface area contributed by atoms with E-state index < -0.39 is 11.5 Å². The molecule has 5 nitrogen and oxygen atoms in total. The van der Waals surface area contributed by atoms with Crippen molar-refractivity contribution in [3.8, 4) is 0 Å². The summed E-state index contributed by atoms with van der Waals surface area (Å²) < 4.78 is 0. The quantitative estimate of drug-likeness (QED) is 0.762. The van der Waals surface area contributed by atoms with Crippen LogP contribution in [0.25, 0.3) is 0 Å². The van der Waals surface area contributed by atoms with Crippen molar-refractivity contribution in [1.82, 2.24) is 10.2 Å².